The molecule has 0 radical (unpaired) electrons. The van der Waals surface area contributed by atoms with Crippen LogP contribution in [0.4, 0.5) is 5.69 Å². The van der Waals surface area contributed by atoms with Crippen LogP contribution in [0.2, 0.25) is 0 Å². The van der Waals surface area contributed by atoms with Crippen LogP contribution in [0.15, 0.2) is 30.7 Å². The first-order chi connectivity index (χ1) is 10.2. The Kier molecular flexibility index (Phi) is 4.81. The Hall–Kier alpha value is -2.50. The van der Waals surface area contributed by atoms with Gasteiger partial charge >= 0.3 is 5.97 Å². The summed E-state index contributed by atoms with van der Waals surface area (Å²) in [7, 11) is 2.92. The van der Waals surface area contributed by atoms with Gasteiger partial charge in [0.2, 0.25) is 0 Å². The summed E-state index contributed by atoms with van der Waals surface area (Å²) in [5.74, 6) is 0.208. The molecular formula is C15H19N3O3. The molecule has 112 valence electrons. The van der Waals surface area contributed by atoms with Crippen LogP contribution >= 0.6 is 0 Å². The van der Waals surface area contributed by atoms with Crippen molar-refractivity contribution in [2.24, 2.45) is 0 Å². The van der Waals surface area contributed by atoms with E-state index in [9.17, 15) is 4.79 Å². The minimum Gasteiger partial charge on any atom is -0.497 e. The van der Waals surface area contributed by atoms with Gasteiger partial charge in [-0.3, -0.25) is 0 Å². The fourth-order valence-electron chi connectivity index (χ4n) is 2.03. The lowest BCUT2D eigenvalue weighted by atomic mass is 10.2. The molecule has 0 bridgehead atoms. The maximum atomic E-state index is 11.6. The van der Waals surface area contributed by atoms with Crippen LogP contribution in [-0.2, 0) is 17.8 Å². The Labute approximate surface area is 123 Å². The number of carbonyl (C=O) groups is 1. The number of benzene rings is 1. The summed E-state index contributed by atoms with van der Waals surface area (Å²) in [4.78, 5) is 15.8. The molecule has 21 heavy (non-hydrogen) atoms. The molecule has 0 unspecified atom stereocenters. The van der Waals surface area contributed by atoms with Gasteiger partial charge in [0, 0.05) is 24.5 Å². The lowest BCUT2D eigenvalue weighted by molar-refractivity contribution is 0.0600. The van der Waals surface area contributed by atoms with Crippen LogP contribution in [0, 0.1) is 0 Å². The molecule has 1 aromatic heterocycles. The fraction of sp³-hybridized carbons (Fsp3) is 0.333. The molecule has 0 aliphatic heterocycles. The van der Waals surface area contributed by atoms with Crippen molar-refractivity contribution in [2.75, 3.05) is 19.5 Å². The molecule has 0 fully saturated rings. The molecule has 2 aromatic rings. The zero-order valence-electron chi connectivity index (χ0n) is 12.4. The predicted molar refractivity (Wildman–Crippen MR) is 79.6 cm³/mol. The van der Waals surface area contributed by atoms with Crippen LogP contribution in [0.5, 0.6) is 5.75 Å². The quantitative estimate of drug-likeness (QED) is 0.827. The molecule has 1 aromatic carbocycles. The predicted octanol–water partition coefficient (Wildman–Crippen LogP) is 2.31. The highest BCUT2D eigenvalue weighted by Crippen LogP contribution is 2.22. The second kappa shape index (κ2) is 6.78. The second-order valence-corrected chi connectivity index (χ2v) is 4.47. The van der Waals surface area contributed by atoms with E-state index < -0.39 is 5.97 Å². The smallest absolute Gasteiger partial charge is 0.338 e. The first-order valence-corrected chi connectivity index (χ1v) is 6.68. The van der Waals surface area contributed by atoms with Gasteiger partial charge in [-0.15, -0.1) is 0 Å². The number of rotatable bonds is 6. The molecule has 6 nitrogen and oxygen atoms in total. The van der Waals surface area contributed by atoms with Crippen molar-refractivity contribution in [3.8, 4) is 5.75 Å². The molecule has 0 amide bonds. The Balaban J connectivity index is 2.17. The molecular weight excluding hydrogens is 270 g/mol. The highest BCUT2D eigenvalue weighted by Gasteiger charge is 2.09. The number of hydrogen-bond acceptors (Lipinski definition) is 5. The lowest BCUT2D eigenvalue weighted by Gasteiger charge is -2.11. The van der Waals surface area contributed by atoms with Crippen LogP contribution in [0.3, 0.4) is 0 Å². The number of anilines is 1. The number of aromatic nitrogens is 2. The van der Waals surface area contributed by atoms with E-state index in [-0.39, 0.29) is 0 Å². The zero-order valence-corrected chi connectivity index (χ0v) is 12.4. The van der Waals surface area contributed by atoms with Crippen molar-refractivity contribution in [1.82, 2.24) is 9.55 Å². The maximum absolute atomic E-state index is 11.6. The Bertz CT molecular complexity index is 622. The summed E-state index contributed by atoms with van der Waals surface area (Å²) in [6.45, 7) is 3.54. The van der Waals surface area contributed by atoms with Crippen molar-refractivity contribution < 1.29 is 14.3 Å². The average molecular weight is 289 g/mol. The summed E-state index contributed by atoms with van der Waals surface area (Å²) in [5.41, 5.74) is 2.31. The van der Waals surface area contributed by atoms with E-state index in [1.54, 1.807) is 25.6 Å². The summed E-state index contributed by atoms with van der Waals surface area (Å²) >= 11 is 0. The van der Waals surface area contributed by atoms with Crippen LogP contribution in [0.25, 0.3) is 0 Å². The van der Waals surface area contributed by atoms with Crippen molar-refractivity contribution in [1.29, 1.82) is 0 Å². The van der Waals surface area contributed by atoms with Gasteiger partial charge in [-0.1, -0.05) is 0 Å². The van der Waals surface area contributed by atoms with E-state index in [2.05, 4.69) is 17.2 Å². The van der Waals surface area contributed by atoms with Gasteiger partial charge in [-0.05, 0) is 19.1 Å². The normalized spacial score (nSPS) is 10.2. The van der Waals surface area contributed by atoms with Crippen LogP contribution in [-0.4, -0.2) is 29.7 Å². The summed E-state index contributed by atoms with van der Waals surface area (Å²) in [6, 6.07) is 5.22. The van der Waals surface area contributed by atoms with Crippen molar-refractivity contribution in [3.63, 3.8) is 0 Å². The molecule has 0 spiro atoms. The number of aryl methyl sites for hydroxylation is 1. The summed E-state index contributed by atoms with van der Waals surface area (Å²) in [5, 5.41) is 3.27. The highest BCUT2D eigenvalue weighted by atomic mass is 16.5. The van der Waals surface area contributed by atoms with Crippen LogP contribution in [0.1, 0.15) is 23.0 Å². The molecule has 1 N–H and O–H groups in total. The molecule has 0 aliphatic rings. The monoisotopic (exact) mass is 289 g/mol. The van der Waals surface area contributed by atoms with E-state index in [0.717, 1.165) is 17.9 Å². The number of nitrogens with zero attached hydrogens (tertiary/aromatic N) is 2. The van der Waals surface area contributed by atoms with E-state index in [4.69, 9.17) is 9.47 Å². The van der Waals surface area contributed by atoms with Crippen molar-refractivity contribution in [2.45, 2.75) is 20.0 Å². The minimum absolute atomic E-state index is 0.393. The summed E-state index contributed by atoms with van der Waals surface area (Å²) in [6.07, 6.45) is 3.61. The Morgan fingerprint density at radius 1 is 1.33 bits per heavy atom. The van der Waals surface area contributed by atoms with Gasteiger partial charge in [0.1, 0.15) is 5.75 Å². The number of ether oxygens (including phenoxy) is 2. The Morgan fingerprint density at radius 2 is 2.14 bits per heavy atom. The number of methoxy groups -OCH3 is 2. The number of carbonyl (C=O) groups excluding carboxylic acids is 1. The molecule has 6 heteroatoms. The average Bonchev–Trinajstić information content (AvgIpc) is 2.99. The van der Waals surface area contributed by atoms with Crippen molar-refractivity contribution in [3.05, 3.63) is 42.0 Å². The standard InChI is InChI=1S/C15H19N3O3/c1-4-18-10-16-8-13(18)9-17-12-5-11(15(19)21-3)6-14(7-12)20-2/h5-8,10,17H,4,9H2,1-3H3. The SMILES string of the molecule is CCn1cncc1CNc1cc(OC)cc(C(=O)OC)c1. The van der Waals surface area contributed by atoms with E-state index in [1.165, 1.54) is 7.11 Å². The molecule has 0 saturated heterocycles. The number of esters is 1. The van der Waals surface area contributed by atoms with Gasteiger partial charge in [0.25, 0.3) is 0 Å². The summed E-state index contributed by atoms with van der Waals surface area (Å²) < 4.78 is 12.0. The topological polar surface area (TPSA) is 65.4 Å². The van der Waals surface area contributed by atoms with Crippen LogP contribution < -0.4 is 10.1 Å². The zero-order chi connectivity index (χ0) is 15.2. The van der Waals surface area contributed by atoms with E-state index >= 15 is 0 Å². The third kappa shape index (κ3) is 3.53. The molecule has 0 saturated carbocycles. The first kappa shape index (κ1) is 14.9. The molecule has 0 atom stereocenters. The van der Waals surface area contributed by atoms with Gasteiger partial charge in [0.15, 0.2) is 0 Å². The van der Waals surface area contributed by atoms with Gasteiger partial charge in [-0.25, -0.2) is 9.78 Å². The molecule has 1 heterocycles. The first-order valence-electron chi connectivity index (χ1n) is 6.68. The van der Waals surface area contributed by atoms with Gasteiger partial charge in [-0.2, -0.15) is 0 Å². The van der Waals surface area contributed by atoms with Crippen molar-refractivity contribution >= 4 is 11.7 Å². The molecule has 0 aliphatic carbocycles. The van der Waals surface area contributed by atoms with Gasteiger partial charge in [0.05, 0.1) is 38.3 Å². The Morgan fingerprint density at radius 3 is 2.81 bits per heavy atom. The number of imidazole rings is 1. The largest absolute Gasteiger partial charge is 0.497 e. The van der Waals surface area contributed by atoms with E-state index in [0.29, 0.717) is 17.9 Å². The second-order valence-electron chi connectivity index (χ2n) is 4.47. The minimum atomic E-state index is -0.393. The van der Waals surface area contributed by atoms with Gasteiger partial charge < -0.3 is 19.4 Å². The highest BCUT2D eigenvalue weighted by molar-refractivity contribution is 5.91. The lowest BCUT2D eigenvalue weighted by Crippen LogP contribution is -2.07. The fourth-order valence-corrected chi connectivity index (χ4v) is 2.03. The number of hydrogen-bond donors (Lipinski definition) is 1. The maximum Gasteiger partial charge on any atom is 0.338 e. The molecule has 2 rings (SSSR count). The number of nitrogens with one attached hydrogen (secondary N) is 1. The third-order valence-corrected chi connectivity index (χ3v) is 3.18. The van der Waals surface area contributed by atoms with E-state index in [1.807, 2.05) is 16.8 Å². The third-order valence-electron chi connectivity index (χ3n) is 3.18.